The highest BCUT2D eigenvalue weighted by Gasteiger charge is 2.15. The summed E-state index contributed by atoms with van der Waals surface area (Å²) in [5, 5.41) is 4.71. The van der Waals surface area contributed by atoms with Crippen molar-refractivity contribution in [3.63, 3.8) is 0 Å². The molecule has 0 aliphatic rings. The van der Waals surface area contributed by atoms with E-state index in [1.165, 1.54) is 20.4 Å². The quantitative estimate of drug-likeness (QED) is 0.117. The molecule has 0 fully saturated rings. The van der Waals surface area contributed by atoms with E-state index in [0.29, 0.717) is 46.0 Å². The van der Waals surface area contributed by atoms with Crippen LogP contribution in [0.4, 0.5) is 0 Å². The zero-order valence-electron chi connectivity index (χ0n) is 24.8. The molecule has 0 saturated heterocycles. The minimum Gasteiger partial charge on any atom is -0.493 e. The van der Waals surface area contributed by atoms with E-state index in [1.807, 2.05) is 36.4 Å². The number of hydrogen-bond donors (Lipinski definition) is 1. The lowest BCUT2D eigenvalue weighted by Crippen LogP contribution is -2.16. The van der Waals surface area contributed by atoms with Crippen molar-refractivity contribution in [1.29, 1.82) is 0 Å². The Balaban J connectivity index is 1.16. The number of hydrazone groups is 1. The number of halogens is 1. The van der Waals surface area contributed by atoms with Crippen LogP contribution in [0.2, 0.25) is 5.02 Å². The second-order valence-corrected chi connectivity index (χ2v) is 10.3. The van der Waals surface area contributed by atoms with E-state index in [1.54, 1.807) is 36.4 Å². The van der Waals surface area contributed by atoms with E-state index < -0.39 is 5.91 Å². The van der Waals surface area contributed by atoms with Gasteiger partial charge in [-0.1, -0.05) is 23.7 Å². The molecule has 9 nitrogen and oxygen atoms in total. The zero-order chi connectivity index (χ0) is 31.1. The van der Waals surface area contributed by atoms with Gasteiger partial charge in [0.15, 0.2) is 17.3 Å². The Bertz CT molecular complexity index is 1710. The van der Waals surface area contributed by atoms with Crippen LogP contribution < -0.4 is 24.4 Å². The Morgan fingerprint density at radius 1 is 0.864 bits per heavy atom. The van der Waals surface area contributed by atoms with Gasteiger partial charge < -0.3 is 27.9 Å². The topological polar surface area (TPSA) is 96.5 Å². The number of benzene rings is 3. The fraction of sp³-hybridized carbons (Fsp3) is 0.176. The zero-order valence-corrected chi connectivity index (χ0v) is 25.6. The molecule has 0 aliphatic carbocycles. The van der Waals surface area contributed by atoms with Gasteiger partial charge in [0.05, 0.1) is 20.4 Å². The summed E-state index contributed by atoms with van der Waals surface area (Å²) in [6.45, 7) is 4.60. The Morgan fingerprint density at radius 2 is 1.52 bits per heavy atom. The number of hydrogen-bond acceptors (Lipinski definition) is 7. The molecule has 0 radical (unpaired) electrons. The summed E-state index contributed by atoms with van der Waals surface area (Å²) in [6, 6.07) is 26.1. The Labute approximate surface area is 260 Å². The van der Waals surface area contributed by atoms with Gasteiger partial charge in [-0.3, -0.25) is 4.79 Å². The van der Waals surface area contributed by atoms with E-state index in [0.717, 1.165) is 22.6 Å². The minimum atomic E-state index is -0.504. The smallest absolute Gasteiger partial charge is 0.307 e. The Hall–Kier alpha value is -5.15. The first-order valence-corrected chi connectivity index (χ1v) is 14.2. The van der Waals surface area contributed by atoms with Gasteiger partial charge >= 0.3 is 5.91 Å². The number of carbonyl (C=O) groups is 1. The molecule has 5 aromatic rings. The maximum atomic E-state index is 12.6. The molecule has 5 rings (SSSR count). The van der Waals surface area contributed by atoms with E-state index in [4.69, 9.17) is 35.0 Å². The molecular weight excluding hydrogens is 582 g/mol. The summed E-state index contributed by atoms with van der Waals surface area (Å²) in [7, 11) is 3.07. The van der Waals surface area contributed by atoms with Gasteiger partial charge in [0.1, 0.15) is 24.7 Å². The van der Waals surface area contributed by atoms with Crippen molar-refractivity contribution in [2.75, 3.05) is 14.2 Å². The number of aromatic nitrogens is 1. The molecule has 0 atom stereocenters. The van der Waals surface area contributed by atoms with Crippen LogP contribution in [0.15, 0.2) is 94.4 Å². The molecule has 0 bridgehead atoms. The highest BCUT2D eigenvalue weighted by molar-refractivity contribution is 6.30. The molecule has 0 spiro atoms. The summed E-state index contributed by atoms with van der Waals surface area (Å²) in [4.78, 5) is 12.6. The van der Waals surface area contributed by atoms with Crippen molar-refractivity contribution >= 4 is 23.7 Å². The Morgan fingerprint density at radius 3 is 2.16 bits per heavy atom. The first-order valence-electron chi connectivity index (χ1n) is 13.8. The highest BCUT2D eigenvalue weighted by Crippen LogP contribution is 2.38. The molecule has 0 unspecified atom stereocenters. The number of ether oxygens (including phenoxy) is 4. The third-order valence-corrected chi connectivity index (χ3v) is 7.04. The van der Waals surface area contributed by atoms with Crippen LogP contribution in [0.5, 0.6) is 23.0 Å². The van der Waals surface area contributed by atoms with Crippen molar-refractivity contribution < 1.29 is 28.2 Å². The average molecular weight is 614 g/mol. The number of nitrogens with zero attached hydrogens (tertiary/aromatic N) is 2. The number of methoxy groups -OCH3 is 2. The molecule has 1 N–H and O–H groups in total. The molecule has 2 aromatic heterocycles. The predicted molar refractivity (Wildman–Crippen MR) is 169 cm³/mol. The molecule has 44 heavy (non-hydrogen) atoms. The number of furan rings is 1. The molecule has 3 aromatic carbocycles. The second kappa shape index (κ2) is 13.9. The van der Waals surface area contributed by atoms with Gasteiger partial charge in [0.2, 0.25) is 5.75 Å². The molecule has 226 valence electrons. The van der Waals surface area contributed by atoms with Gasteiger partial charge in [0, 0.05) is 27.7 Å². The average Bonchev–Trinajstić information content (AvgIpc) is 3.65. The summed E-state index contributed by atoms with van der Waals surface area (Å²) in [5.41, 5.74) is 7.42. The van der Waals surface area contributed by atoms with Crippen molar-refractivity contribution in [3.05, 3.63) is 124 Å². The number of aryl methyl sites for hydroxylation is 2. The lowest BCUT2D eigenvalue weighted by molar-refractivity contribution is 0.0923. The summed E-state index contributed by atoms with van der Waals surface area (Å²) in [5.74, 6) is 2.14. The van der Waals surface area contributed by atoms with Crippen LogP contribution in [0.1, 0.15) is 38.8 Å². The molecule has 0 saturated carbocycles. The third kappa shape index (κ3) is 7.25. The number of amides is 1. The third-order valence-electron chi connectivity index (χ3n) is 6.79. The first kappa shape index (κ1) is 30.3. The monoisotopic (exact) mass is 613 g/mol. The molecule has 0 aliphatic heterocycles. The normalized spacial score (nSPS) is 11.0. The fourth-order valence-electron chi connectivity index (χ4n) is 4.57. The lowest BCUT2D eigenvalue weighted by atomic mass is 10.2. The summed E-state index contributed by atoms with van der Waals surface area (Å²) >= 11 is 5.97. The van der Waals surface area contributed by atoms with Crippen LogP contribution in [0, 0.1) is 13.8 Å². The van der Waals surface area contributed by atoms with Crippen LogP contribution in [-0.4, -0.2) is 30.9 Å². The molecule has 1 amide bonds. The standard InChI is InChI=1S/C34H32ClN3O6/c1-22-5-6-23(2)38(22)27-11-13-28(14-12-27)42-21-29-15-16-30(44-29)34(39)37-36-19-25-17-31(40-3)33(32(18-25)41-4)43-20-24-7-9-26(35)10-8-24/h5-19H,20-21H2,1-4H3,(H,37,39)/b36-19+. The highest BCUT2D eigenvalue weighted by atomic mass is 35.5. The first-order chi connectivity index (χ1) is 21.3. The van der Waals surface area contributed by atoms with Crippen LogP contribution in [0.25, 0.3) is 5.69 Å². The molecular formula is C34H32ClN3O6. The van der Waals surface area contributed by atoms with E-state index >= 15 is 0 Å². The van der Waals surface area contributed by atoms with Crippen LogP contribution in [0.3, 0.4) is 0 Å². The van der Waals surface area contributed by atoms with E-state index in [2.05, 4.69) is 41.1 Å². The fourth-order valence-corrected chi connectivity index (χ4v) is 4.70. The lowest BCUT2D eigenvalue weighted by Gasteiger charge is -2.15. The van der Waals surface area contributed by atoms with Crippen molar-refractivity contribution in [2.45, 2.75) is 27.1 Å². The Kier molecular flexibility index (Phi) is 9.56. The summed E-state index contributed by atoms with van der Waals surface area (Å²) < 4.78 is 30.7. The van der Waals surface area contributed by atoms with Gasteiger partial charge in [-0.15, -0.1) is 0 Å². The minimum absolute atomic E-state index is 0.107. The maximum Gasteiger partial charge on any atom is 0.307 e. The summed E-state index contributed by atoms with van der Waals surface area (Å²) in [6.07, 6.45) is 1.47. The second-order valence-electron chi connectivity index (χ2n) is 9.87. The van der Waals surface area contributed by atoms with Gasteiger partial charge in [-0.25, -0.2) is 5.43 Å². The SMILES string of the molecule is COc1cc(/C=N/NC(=O)c2ccc(COc3ccc(-n4c(C)ccc4C)cc3)o2)cc(OC)c1OCc1ccc(Cl)cc1. The van der Waals surface area contributed by atoms with Crippen molar-refractivity contribution in [1.82, 2.24) is 9.99 Å². The number of rotatable bonds is 12. The van der Waals surface area contributed by atoms with Gasteiger partial charge in [-0.05, 0) is 92.2 Å². The van der Waals surface area contributed by atoms with Crippen LogP contribution in [-0.2, 0) is 13.2 Å². The van der Waals surface area contributed by atoms with Crippen molar-refractivity contribution in [3.8, 4) is 28.7 Å². The van der Waals surface area contributed by atoms with E-state index in [9.17, 15) is 4.79 Å². The number of nitrogens with one attached hydrogen (secondary N) is 1. The van der Waals surface area contributed by atoms with Gasteiger partial charge in [-0.2, -0.15) is 5.10 Å². The predicted octanol–water partition coefficient (Wildman–Crippen LogP) is 7.28. The molecule has 10 heteroatoms. The maximum absolute atomic E-state index is 12.6. The van der Waals surface area contributed by atoms with Gasteiger partial charge in [0.25, 0.3) is 0 Å². The van der Waals surface area contributed by atoms with E-state index in [-0.39, 0.29) is 12.4 Å². The van der Waals surface area contributed by atoms with Crippen LogP contribution >= 0.6 is 11.6 Å². The largest absolute Gasteiger partial charge is 0.493 e. The van der Waals surface area contributed by atoms with Crippen molar-refractivity contribution in [2.24, 2.45) is 5.10 Å². The molecule has 2 heterocycles. The number of carbonyl (C=O) groups excluding carboxylic acids is 1.